The fourth-order valence-corrected chi connectivity index (χ4v) is 3.73. The summed E-state index contributed by atoms with van der Waals surface area (Å²) in [7, 11) is 1.35. The van der Waals surface area contributed by atoms with Gasteiger partial charge >= 0.3 is 159 Å². The molecule has 0 N–H and O–H groups in total. The van der Waals surface area contributed by atoms with Gasteiger partial charge < -0.3 is 0 Å². The maximum absolute atomic E-state index is 12.2. The second-order valence-electron chi connectivity index (χ2n) is 6.79. The minimum absolute atomic E-state index is 0.151. The van der Waals surface area contributed by atoms with E-state index in [-0.39, 0.29) is 12.1 Å². The first-order chi connectivity index (χ1) is 11.7. The molecule has 1 saturated heterocycles. The number of piperazine rings is 1. The van der Waals surface area contributed by atoms with E-state index in [4.69, 9.17) is 4.74 Å². The summed E-state index contributed by atoms with van der Waals surface area (Å²) in [5.41, 5.74) is 0.497. The van der Waals surface area contributed by atoms with Gasteiger partial charge in [0.1, 0.15) is 0 Å². The minimum atomic E-state index is -0.952. The molecular weight excluding hydrogens is 439 g/mol. The van der Waals surface area contributed by atoms with E-state index < -0.39 is 27.1 Å². The third kappa shape index (κ3) is 5.68. The van der Waals surface area contributed by atoms with E-state index >= 15 is 0 Å². The van der Waals surface area contributed by atoms with Crippen LogP contribution in [0.5, 0.6) is 0 Å². The first kappa shape index (κ1) is 19.7. The molecule has 8 nitrogen and oxygen atoms in total. The Kier molecular flexibility index (Phi) is 6.42. The van der Waals surface area contributed by atoms with E-state index in [2.05, 4.69) is 21.6 Å². The SMILES string of the molecule is CO[N+](=O)[I-]c1ccc(N2CCN(C(=O)OC(C)(C)C)C[C@@H]2C)cn1. The number of nitrogens with zero attached hydrogens (tertiary/aromatic N) is 4. The number of carbonyl (C=O) groups excluding carboxylic acids is 1. The summed E-state index contributed by atoms with van der Waals surface area (Å²) in [5.74, 6) is 0. The summed E-state index contributed by atoms with van der Waals surface area (Å²) in [6.45, 7) is 9.59. The van der Waals surface area contributed by atoms with Gasteiger partial charge in [-0.2, -0.15) is 0 Å². The molecule has 0 aromatic carbocycles. The number of halogens is 1. The van der Waals surface area contributed by atoms with Crippen LogP contribution < -0.4 is 26.4 Å². The molecule has 0 saturated carbocycles. The fraction of sp³-hybridized carbons (Fsp3) is 0.625. The third-order valence-corrected chi connectivity index (χ3v) is 5.54. The van der Waals surface area contributed by atoms with Gasteiger partial charge in [0.15, 0.2) is 0 Å². The van der Waals surface area contributed by atoms with Gasteiger partial charge in [0.2, 0.25) is 0 Å². The van der Waals surface area contributed by atoms with Crippen LogP contribution in [0, 0.1) is 8.61 Å². The van der Waals surface area contributed by atoms with Crippen LogP contribution in [0.4, 0.5) is 10.5 Å². The Hall–Kier alpha value is -1.65. The summed E-state index contributed by atoms with van der Waals surface area (Å²) in [4.78, 5) is 36.4. The molecule has 140 valence electrons. The van der Waals surface area contributed by atoms with Crippen molar-refractivity contribution in [3.63, 3.8) is 0 Å². The average molecular weight is 464 g/mol. The maximum atomic E-state index is 12.2. The zero-order chi connectivity index (χ0) is 18.6. The first-order valence-electron chi connectivity index (χ1n) is 8.06. The molecule has 0 aliphatic carbocycles. The van der Waals surface area contributed by atoms with Crippen molar-refractivity contribution in [3.05, 3.63) is 26.9 Å². The fourth-order valence-electron chi connectivity index (χ4n) is 2.53. The Morgan fingerprint density at radius 3 is 2.60 bits per heavy atom. The Morgan fingerprint density at radius 1 is 1.36 bits per heavy atom. The van der Waals surface area contributed by atoms with Gasteiger partial charge in [0, 0.05) is 0 Å². The van der Waals surface area contributed by atoms with Gasteiger partial charge in [-0.25, -0.2) is 0 Å². The van der Waals surface area contributed by atoms with Gasteiger partial charge in [-0.1, -0.05) is 0 Å². The number of ether oxygens (including phenoxy) is 1. The quantitative estimate of drug-likeness (QED) is 0.248. The van der Waals surface area contributed by atoms with Crippen LogP contribution in [0.3, 0.4) is 0 Å². The summed E-state index contributed by atoms with van der Waals surface area (Å²) >= 11 is -0.952. The van der Waals surface area contributed by atoms with Crippen LogP contribution in [-0.4, -0.2) is 57.5 Å². The van der Waals surface area contributed by atoms with Crippen molar-refractivity contribution in [3.8, 4) is 0 Å². The molecule has 1 aromatic heterocycles. The van der Waals surface area contributed by atoms with E-state index in [1.807, 2.05) is 32.9 Å². The number of amides is 1. The van der Waals surface area contributed by atoms with E-state index in [0.717, 1.165) is 9.39 Å². The Bertz CT molecular complexity index is 618. The molecule has 9 heteroatoms. The molecule has 1 fully saturated rings. The van der Waals surface area contributed by atoms with Crippen molar-refractivity contribution in [2.75, 3.05) is 31.6 Å². The summed E-state index contributed by atoms with van der Waals surface area (Å²) in [6, 6.07) is 3.98. The zero-order valence-electron chi connectivity index (χ0n) is 15.2. The van der Waals surface area contributed by atoms with Gasteiger partial charge in [0.05, 0.1) is 0 Å². The van der Waals surface area contributed by atoms with Crippen LogP contribution in [-0.2, 0) is 9.57 Å². The van der Waals surface area contributed by atoms with Gasteiger partial charge in [-0.3, -0.25) is 0 Å². The van der Waals surface area contributed by atoms with E-state index in [1.165, 1.54) is 7.11 Å². The van der Waals surface area contributed by atoms with Crippen molar-refractivity contribution in [2.45, 2.75) is 39.3 Å². The van der Waals surface area contributed by atoms with Crippen LogP contribution >= 0.6 is 0 Å². The topological polar surface area (TPSA) is 75.0 Å². The molecule has 1 amide bonds. The Balaban J connectivity index is 1.97. The Morgan fingerprint density at radius 2 is 2.08 bits per heavy atom. The van der Waals surface area contributed by atoms with E-state index in [9.17, 15) is 9.70 Å². The summed E-state index contributed by atoms with van der Waals surface area (Å²) < 4.78 is 6.78. The number of aromatic nitrogens is 1. The van der Waals surface area contributed by atoms with Crippen molar-refractivity contribution in [1.29, 1.82) is 0 Å². The molecule has 0 unspecified atom stereocenters. The predicted molar refractivity (Wildman–Crippen MR) is 88.2 cm³/mol. The number of pyridine rings is 1. The number of anilines is 1. The molecule has 2 rings (SSSR count). The molecule has 0 bridgehead atoms. The summed E-state index contributed by atoms with van der Waals surface area (Å²) in [5, 5.41) is 0. The third-order valence-electron chi connectivity index (χ3n) is 3.62. The van der Waals surface area contributed by atoms with E-state index in [0.29, 0.717) is 22.8 Å². The molecule has 0 spiro atoms. The second kappa shape index (κ2) is 8.15. The van der Waals surface area contributed by atoms with Crippen LogP contribution in [0.2, 0.25) is 0 Å². The molecule has 1 aliphatic heterocycles. The molecule has 0 radical (unpaired) electrons. The molecule has 1 aliphatic rings. The average Bonchev–Trinajstić information content (AvgIpc) is 2.54. The van der Waals surface area contributed by atoms with Gasteiger partial charge in [-0.15, -0.1) is 0 Å². The van der Waals surface area contributed by atoms with Crippen LogP contribution in [0.25, 0.3) is 0 Å². The molecular formula is C16H25IN4O4. The van der Waals surface area contributed by atoms with Crippen molar-refractivity contribution in [1.82, 2.24) is 9.88 Å². The van der Waals surface area contributed by atoms with Crippen molar-refractivity contribution in [2.24, 2.45) is 0 Å². The van der Waals surface area contributed by atoms with Gasteiger partial charge in [-0.05, 0) is 0 Å². The van der Waals surface area contributed by atoms with E-state index in [1.54, 1.807) is 11.1 Å². The van der Waals surface area contributed by atoms with Crippen LogP contribution in [0.1, 0.15) is 27.7 Å². The summed E-state index contributed by atoms with van der Waals surface area (Å²) in [6.07, 6.45) is 1.50. The molecule has 25 heavy (non-hydrogen) atoms. The van der Waals surface area contributed by atoms with Crippen molar-refractivity contribution >= 4 is 11.8 Å². The van der Waals surface area contributed by atoms with Crippen molar-refractivity contribution < 1.29 is 39.0 Å². The Labute approximate surface area is 158 Å². The number of carbonyl (C=O) groups is 1. The number of hydrogen-bond acceptors (Lipinski definition) is 6. The van der Waals surface area contributed by atoms with Crippen LogP contribution in [0.15, 0.2) is 18.3 Å². The molecule has 1 aromatic rings. The first-order valence-corrected chi connectivity index (χ1v) is 10.1. The zero-order valence-corrected chi connectivity index (χ0v) is 17.4. The van der Waals surface area contributed by atoms with Gasteiger partial charge in [0.25, 0.3) is 0 Å². The monoisotopic (exact) mass is 464 g/mol. The second-order valence-corrected chi connectivity index (χ2v) is 9.16. The molecule has 1 atom stereocenters. The number of rotatable bonds is 4. The normalized spacial score (nSPS) is 18.2. The standard InChI is InChI=1S/C16H25IN4O4/c1-12-11-19(15(22)25-16(2,3)4)8-9-20(12)13-6-7-14(18-10-13)17-21(23)24-5/h6-7,10,12H,8-9,11H2,1-5H3/t12-/m0/s1. The number of hydrogen-bond donors (Lipinski definition) is 0. The molecule has 2 heterocycles. The predicted octanol–water partition coefficient (Wildman–Crippen LogP) is -0.959.